The van der Waals surface area contributed by atoms with Crippen molar-refractivity contribution in [2.75, 3.05) is 5.73 Å². The third-order valence-electron chi connectivity index (χ3n) is 3.13. The zero-order chi connectivity index (χ0) is 15.7. The number of nitrogens with two attached hydrogens (primary N) is 1. The second-order valence-corrected chi connectivity index (χ2v) is 4.60. The molecule has 2 heterocycles. The zero-order valence-electron chi connectivity index (χ0n) is 11.4. The first kappa shape index (κ1) is 13.9. The third-order valence-corrected chi connectivity index (χ3v) is 3.13. The maximum absolute atomic E-state index is 13.1. The normalized spacial score (nSPS) is 10.8. The largest absolute Gasteiger partial charge is 0.486 e. The van der Waals surface area contributed by atoms with Crippen molar-refractivity contribution in [3.05, 3.63) is 59.8 Å². The number of aromatic nitrogens is 2. The van der Waals surface area contributed by atoms with Gasteiger partial charge in [0.2, 0.25) is 0 Å². The molecule has 0 amide bonds. The molecule has 0 aliphatic rings. The van der Waals surface area contributed by atoms with Gasteiger partial charge in [-0.25, -0.2) is 14.2 Å². The number of rotatable bonds is 4. The second kappa shape index (κ2) is 5.36. The number of ether oxygens (including phenoxy) is 1. The van der Waals surface area contributed by atoms with Crippen LogP contribution in [0.3, 0.4) is 0 Å². The van der Waals surface area contributed by atoms with E-state index in [-0.39, 0.29) is 12.3 Å². The second-order valence-electron chi connectivity index (χ2n) is 4.60. The Balaban J connectivity index is 1.98. The number of carboxylic acid groups (broad SMARTS) is 1. The molecule has 0 spiro atoms. The van der Waals surface area contributed by atoms with Crippen LogP contribution in [0.4, 0.5) is 10.2 Å². The highest BCUT2D eigenvalue weighted by molar-refractivity contribution is 5.94. The van der Waals surface area contributed by atoms with Gasteiger partial charge in [-0.2, -0.15) is 0 Å². The molecule has 0 atom stereocenters. The van der Waals surface area contributed by atoms with E-state index in [9.17, 15) is 14.3 Å². The van der Waals surface area contributed by atoms with Gasteiger partial charge in [0.25, 0.3) is 0 Å². The van der Waals surface area contributed by atoms with Crippen LogP contribution in [0, 0.1) is 5.82 Å². The maximum atomic E-state index is 13.1. The molecular formula is C15H12FN3O3. The molecule has 0 aliphatic heterocycles. The van der Waals surface area contributed by atoms with Gasteiger partial charge >= 0.3 is 5.97 Å². The first-order chi connectivity index (χ1) is 10.6. The third kappa shape index (κ3) is 2.44. The van der Waals surface area contributed by atoms with E-state index >= 15 is 0 Å². The van der Waals surface area contributed by atoms with Crippen LogP contribution < -0.4 is 10.5 Å². The van der Waals surface area contributed by atoms with E-state index in [0.717, 1.165) is 0 Å². The van der Waals surface area contributed by atoms with E-state index in [0.29, 0.717) is 22.9 Å². The van der Waals surface area contributed by atoms with E-state index in [1.165, 1.54) is 22.6 Å². The van der Waals surface area contributed by atoms with Gasteiger partial charge in [0, 0.05) is 6.07 Å². The minimum absolute atomic E-state index is 0.0356. The summed E-state index contributed by atoms with van der Waals surface area (Å²) < 4.78 is 20.1. The van der Waals surface area contributed by atoms with E-state index in [1.54, 1.807) is 24.3 Å². The minimum Gasteiger partial charge on any atom is -0.486 e. The highest BCUT2D eigenvalue weighted by atomic mass is 19.1. The number of fused-ring (bicyclic) bond motifs is 1. The Hall–Kier alpha value is -3.09. The van der Waals surface area contributed by atoms with Gasteiger partial charge in [0.05, 0.1) is 5.52 Å². The van der Waals surface area contributed by atoms with Gasteiger partial charge in [-0.1, -0.05) is 12.1 Å². The SMILES string of the molecule is Nc1cccc2c(C(=O)O)nc(COc3cccc(F)c3)n12. The molecule has 0 saturated carbocycles. The van der Waals surface area contributed by atoms with E-state index < -0.39 is 11.8 Å². The summed E-state index contributed by atoms with van der Waals surface area (Å²) in [6.45, 7) is -0.0356. The number of hydrogen-bond acceptors (Lipinski definition) is 4. The molecule has 0 saturated heterocycles. The van der Waals surface area contributed by atoms with Gasteiger partial charge in [-0.3, -0.25) is 4.40 Å². The molecular weight excluding hydrogens is 289 g/mol. The highest BCUT2D eigenvalue weighted by Crippen LogP contribution is 2.20. The fraction of sp³-hybridized carbons (Fsp3) is 0.0667. The number of aromatic carboxylic acids is 1. The monoisotopic (exact) mass is 301 g/mol. The average Bonchev–Trinajstić information content (AvgIpc) is 2.86. The molecule has 7 heteroatoms. The molecule has 22 heavy (non-hydrogen) atoms. The van der Waals surface area contributed by atoms with Crippen LogP contribution in [0.2, 0.25) is 0 Å². The number of nitrogen functional groups attached to an aromatic ring is 1. The van der Waals surface area contributed by atoms with Crippen LogP contribution in [0.5, 0.6) is 5.75 Å². The molecule has 3 aromatic rings. The molecule has 1 aromatic carbocycles. The lowest BCUT2D eigenvalue weighted by Gasteiger charge is -2.07. The Kier molecular flexibility index (Phi) is 3.38. The van der Waals surface area contributed by atoms with Crippen molar-refractivity contribution >= 4 is 17.3 Å². The Morgan fingerprint density at radius 2 is 2.09 bits per heavy atom. The fourth-order valence-electron chi connectivity index (χ4n) is 2.19. The van der Waals surface area contributed by atoms with Crippen molar-refractivity contribution in [2.24, 2.45) is 0 Å². The molecule has 0 bridgehead atoms. The molecule has 6 nitrogen and oxygen atoms in total. The lowest BCUT2D eigenvalue weighted by Crippen LogP contribution is -2.05. The van der Waals surface area contributed by atoms with Gasteiger partial charge in [0.15, 0.2) is 11.5 Å². The standard InChI is InChI=1S/C15H12FN3O3/c16-9-3-1-4-10(7-9)22-8-13-18-14(15(20)21)11-5-2-6-12(17)19(11)13/h1-7H,8,17H2,(H,20,21). The van der Waals surface area contributed by atoms with Crippen molar-refractivity contribution < 1.29 is 19.0 Å². The molecule has 112 valence electrons. The summed E-state index contributed by atoms with van der Waals surface area (Å²) in [7, 11) is 0. The molecule has 2 aromatic heterocycles. The van der Waals surface area contributed by atoms with E-state index in [1.807, 2.05) is 0 Å². The van der Waals surface area contributed by atoms with Crippen LogP contribution in [-0.4, -0.2) is 20.5 Å². The number of hydrogen-bond donors (Lipinski definition) is 2. The zero-order valence-corrected chi connectivity index (χ0v) is 11.4. The Morgan fingerprint density at radius 1 is 1.32 bits per heavy atom. The summed E-state index contributed by atoms with van der Waals surface area (Å²) in [6, 6.07) is 10.5. The number of nitrogens with zero attached hydrogens (tertiary/aromatic N) is 2. The van der Waals surface area contributed by atoms with Crippen LogP contribution in [-0.2, 0) is 6.61 Å². The lowest BCUT2D eigenvalue weighted by atomic mass is 10.3. The number of imidazole rings is 1. The van der Waals surface area contributed by atoms with Crippen molar-refractivity contribution in [3.8, 4) is 5.75 Å². The van der Waals surface area contributed by atoms with Crippen molar-refractivity contribution in [1.82, 2.24) is 9.38 Å². The first-order valence-corrected chi connectivity index (χ1v) is 6.44. The van der Waals surface area contributed by atoms with Gasteiger partial charge in [-0.15, -0.1) is 0 Å². The fourth-order valence-corrected chi connectivity index (χ4v) is 2.19. The Morgan fingerprint density at radius 3 is 2.82 bits per heavy atom. The number of halogens is 1. The number of carboxylic acids is 1. The summed E-state index contributed by atoms with van der Waals surface area (Å²) in [5.74, 6) is -0.579. The van der Waals surface area contributed by atoms with Gasteiger partial charge in [-0.05, 0) is 24.3 Å². The Bertz CT molecular complexity index is 860. The number of benzene rings is 1. The first-order valence-electron chi connectivity index (χ1n) is 6.44. The Labute approximate surface area is 124 Å². The number of carbonyl (C=O) groups is 1. The summed E-state index contributed by atoms with van der Waals surface area (Å²) in [6.07, 6.45) is 0. The quantitative estimate of drug-likeness (QED) is 0.772. The summed E-state index contributed by atoms with van der Waals surface area (Å²) in [5, 5.41) is 9.20. The average molecular weight is 301 g/mol. The molecule has 3 rings (SSSR count). The van der Waals surface area contributed by atoms with Crippen molar-refractivity contribution in [3.63, 3.8) is 0 Å². The molecule has 0 fully saturated rings. The highest BCUT2D eigenvalue weighted by Gasteiger charge is 2.18. The van der Waals surface area contributed by atoms with E-state index in [4.69, 9.17) is 10.5 Å². The smallest absolute Gasteiger partial charge is 0.356 e. The summed E-state index contributed by atoms with van der Waals surface area (Å²) in [4.78, 5) is 15.3. The number of pyridine rings is 1. The molecule has 0 unspecified atom stereocenters. The predicted molar refractivity (Wildman–Crippen MR) is 77.3 cm³/mol. The molecule has 0 radical (unpaired) electrons. The molecule has 3 N–H and O–H groups in total. The van der Waals surface area contributed by atoms with Crippen LogP contribution in [0.15, 0.2) is 42.5 Å². The van der Waals surface area contributed by atoms with Crippen molar-refractivity contribution in [2.45, 2.75) is 6.61 Å². The van der Waals surface area contributed by atoms with Crippen LogP contribution in [0.1, 0.15) is 16.3 Å². The molecule has 0 aliphatic carbocycles. The predicted octanol–water partition coefficient (Wildman–Crippen LogP) is 2.33. The van der Waals surface area contributed by atoms with Crippen LogP contribution >= 0.6 is 0 Å². The number of anilines is 1. The van der Waals surface area contributed by atoms with Gasteiger partial charge < -0.3 is 15.6 Å². The minimum atomic E-state index is -1.15. The van der Waals surface area contributed by atoms with Gasteiger partial charge in [0.1, 0.15) is 24.0 Å². The van der Waals surface area contributed by atoms with E-state index in [2.05, 4.69) is 4.98 Å². The topological polar surface area (TPSA) is 89.9 Å². The van der Waals surface area contributed by atoms with Crippen molar-refractivity contribution in [1.29, 1.82) is 0 Å². The summed E-state index contributed by atoms with van der Waals surface area (Å²) >= 11 is 0. The van der Waals surface area contributed by atoms with Crippen LogP contribution in [0.25, 0.3) is 5.52 Å². The maximum Gasteiger partial charge on any atom is 0.356 e. The summed E-state index contributed by atoms with van der Waals surface area (Å²) in [5.41, 5.74) is 6.15. The lowest BCUT2D eigenvalue weighted by molar-refractivity contribution is 0.0693.